The Labute approximate surface area is 176 Å². The van der Waals surface area contributed by atoms with E-state index in [1.807, 2.05) is 36.7 Å². The first kappa shape index (κ1) is 19.3. The van der Waals surface area contributed by atoms with Crippen molar-refractivity contribution in [3.05, 3.63) is 60.4 Å². The SMILES string of the molecule is CC(C1CCOCC1)n1nc(-c2ccncc2)nc1[C@@H]1CCO[C@H]1c1ccncc1. The molecule has 2 fully saturated rings. The lowest BCUT2D eigenvalue weighted by molar-refractivity contribution is 0.0482. The van der Waals surface area contributed by atoms with Crippen molar-refractivity contribution in [1.82, 2.24) is 24.7 Å². The van der Waals surface area contributed by atoms with E-state index < -0.39 is 0 Å². The van der Waals surface area contributed by atoms with Crippen LogP contribution in [0.1, 0.15) is 55.6 Å². The lowest BCUT2D eigenvalue weighted by atomic mass is 9.91. The lowest BCUT2D eigenvalue weighted by Crippen LogP contribution is -2.27. The summed E-state index contributed by atoms with van der Waals surface area (Å²) in [7, 11) is 0. The first-order chi connectivity index (χ1) is 14.8. The highest BCUT2D eigenvalue weighted by Crippen LogP contribution is 2.42. The summed E-state index contributed by atoms with van der Waals surface area (Å²) >= 11 is 0. The Kier molecular flexibility index (Phi) is 5.55. The zero-order chi connectivity index (χ0) is 20.3. The van der Waals surface area contributed by atoms with Crippen LogP contribution in [0.4, 0.5) is 0 Å². The third-order valence-corrected chi connectivity index (χ3v) is 6.39. The van der Waals surface area contributed by atoms with Gasteiger partial charge in [0.05, 0.1) is 18.1 Å². The fourth-order valence-electron chi connectivity index (χ4n) is 4.64. The van der Waals surface area contributed by atoms with Crippen molar-refractivity contribution in [1.29, 1.82) is 0 Å². The minimum Gasteiger partial charge on any atom is -0.381 e. The molecule has 0 amide bonds. The maximum absolute atomic E-state index is 6.16. The maximum atomic E-state index is 6.16. The second-order valence-corrected chi connectivity index (χ2v) is 8.13. The van der Waals surface area contributed by atoms with Crippen LogP contribution in [0.2, 0.25) is 0 Å². The number of hydrogen-bond donors (Lipinski definition) is 0. The molecule has 0 saturated carbocycles. The van der Waals surface area contributed by atoms with Gasteiger partial charge >= 0.3 is 0 Å². The molecule has 7 heteroatoms. The van der Waals surface area contributed by atoms with Gasteiger partial charge in [0.15, 0.2) is 5.82 Å². The van der Waals surface area contributed by atoms with Gasteiger partial charge < -0.3 is 9.47 Å². The highest BCUT2D eigenvalue weighted by atomic mass is 16.5. The predicted octanol–water partition coefficient (Wildman–Crippen LogP) is 3.97. The van der Waals surface area contributed by atoms with Crippen LogP contribution in [0.3, 0.4) is 0 Å². The standard InChI is InChI=1S/C23H27N5O2/c1-16(17-6-13-29-14-7-17)28-23(26-22(27-28)19-4-11-25-12-5-19)20-8-15-30-21(20)18-2-9-24-10-3-18/h2-5,9-12,16-17,20-21H,6-8,13-15H2,1H3/t16?,20-,21+/m1/s1. The van der Waals surface area contributed by atoms with Crippen LogP contribution in [0.15, 0.2) is 49.1 Å². The summed E-state index contributed by atoms with van der Waals surface area (Å²) in [4.78, 5) is 13.3. The number of pyridine rings is 2. The van der Waals surface area contributed by atoms with Gasteiger partial charge in [0.25, 0.3) is 0 Å². The molecule has 30 heavy (non-hydrogen) atoms. The number of rotatable bonds is 5. The third kappa shape index (κ3) is 3.75. The molecule has 1 unspecified atom stereocenters. The fraction of sp³-hybridized carbons (Fsp3) is 0.478. The van der Waals surface area contributed by atoms with Gasteiger partial charge in [0.2, 0.25) is 0 Å². The molecule has 156 valence electrons. The number of ether oxygens (including phenoxy) is 2. The Morgan fingerprint density at radius 1 is 0.933 bits per heavy atom. The molecule has 3 aromatic rings. The monoisotopic (exact) mass is 405 g/mol. The Morgan fingerprint density at radius 3 is 2.37 bits per heavy atom. The van der Waals surface area contributed by atoms with Crippen molar-refractivity contribution in [2.24, 2.45) is 5.92 Å². The number of aromatic nitrogens is 5. The van der Waals surface area contributed by atoms with Crippen molar-refractivity contribution >= 4 is 0 Å². The average molecular weight is 406 g/mol. The minimum atomic E-state index is -0.0249. The van der Waals surface area contributed by atoms with Crippen LogP contribution in [0.25, 0.3) is 11.4 Å². The van der Waals surface area contributed by atoms with E-state index in [1.165, 1.54) is 0 Å². The lowest BCUT2D eigenvalue weighted by Gasteiger charge is -2.29. The molecule has 3 aromatic heterocycles. The topological polar surface area (TPSA) is 75.0 Å². The molecule has 3 atom stereocenters. The van der Waals surface area contributed by atoms with E-state index in [2.05, 4.69) is 21.6 Å². The van der Waals surface area contributed by atoms with E-state index in [4.69, 9.17) is 19.6 Å². The molecule has 0 aromatic carbocycles. The van der Waals surface area contributed by atoms with Gasteiger partial charge in [-0.1, -0.05) is 0 Å². The zero-order valence-corrected chi connectivity index (χ0v) is 17.2. The summed E-state index contributed by atoms with van der Waals surface area (Å²) in [5.74, 6) is 2.47. The number of nitrogens with zero attached hydrogens (tertiary/aromatic N) is 5. The van der Waals surface area contributed by atoms with Crippen molar-refractivity contribution in [3.63, 3.8) is 0 Å². The molecule has 2 aliphatic heterocycles. The van der Waals surface area contributed by atoms with E-state index in [1.54, 1.807) is 12.4 Å². The molecule has 0 bridgehead atoms. The zero-order valence-electron chi connectivity index (χ0n) is 17.2. The third-order valence-electron chi connectivity index (χ3n) is 6.39. The summed E-state index contributed by atoms with van der Waals surface area (Å²) in [5.41, 5.74) is 2.13. The normalized spacial score (nSPS) is 23.5. The summed E-state index contributed by atoms with van der Waals surface area (Å²) in [6, 6.07) is 8.26. The van der Waals surface area contributed by atoms with Crippen LogP contribution in [-0.2, 0) is 9.47 Å². The first-order valence-electron chi connectivity index (χ1n) is 10.8. The quantitative estimate of drug-likeness (QED) is 0.639. The summed E-state index contributed by atoms with van der Waals surface area (Å²) in [6.07, 6.45) is 10.2. The summed E-state index contributed by atoms with van der Waals surface area (Å²) in [6.45, 7) is 4.63. The minimum absolute atomic E-state index is 0.0249. The van der Waals surface area contributed by atoms with Crippen LogP contribution in [0.5, 0.6) is 0 Å². The number of hydrogen-bond acceptors (Lipinski definition) is 6. The molecule has 2 saturated heterocycles. The smallest absolute Gasteiger partial charge is 0.181 e. The van der Waals surface area contributed by atoms with Gasteiger partial charge in [-0.05, 0) is 61.9 Å². The van der Waals surface area contributed by atoms with Crippen molar-refractivity contribution in [3.8, 4) is 11.4 Å². The Hall–Kier alpha value is -2.64. The van der Waals surface area contributed by atoms with E-state index >= 15 is 0 Å². The maximum Gasteiger partial charge on any atom is 0.181 e. The molecule has 2 aliphatic rings. The van der Waals surface area contributed by atoms with Gasteiger partial charge in [0.1, 0.15) is 5.82 Å². The molecule has 0 aliphatic carbocycles. The Morgan fingerprint density at radius 2 is 1.63 bits per heavy atom. The van der Waals surface area contributed by atoms with Crippen LogP contribution < -0.4 is 0 Å². The van der Waals surface area contributed by atoms with Crippen LogP contribution in [0, 0.1) is 5.92 Å². The molecule has 0 radical (unpaired) electrons. The largest absolute Gasteiger partial charge is 0.381 e. The highest BCUT2D eigenvalue weighted by molar-refractivity contribution is 5.53. The molecule has 5 rings (SSSR count). The van der Waals surface area contributed by atoms with Crippen molar-refractivity contribution in [2.75, 3.05) is 19.8 Å². The first-order valence-corrected chi connectivity index (χ1v) is 10.8. The molecule has 0 N–H and O–H groups in total. The van der Waals surface area contributed by atoms with E-state index in [0.29, 0.717) is 5.92 Å². The molecular formula is C23H27N5O2. The van der Waals surface area contributed by atoms with Gasteiger partial charge in [-0.2, -0.15) is 5.10 Å². The van der Waals surface area contributed by atoms with Gasteiger partial charge in [-0.3, -0.25) is 9.97 Å². The van der Waals surface area contributed by atoms with Gasteiger partial charge in [-0.15, -0.1) is 0 Å². The van der Waals surface area contributed by atoms with Crippen molar-refractivity contribution < 1.29 is 9.47 Å². The van der Waals surface area contributed by atoms with Gasteiger partial charge in [0, 0.05) is 50.2 Å². The molecule has 7 nitrogen and oxygen atoms in total. The second kappa shape index (κ2) is 8.62. The van der Waals surface area contributed by atoms with Crippen LogP contribution >= 0.6 is 0 Å². The molecule has 0 spiro atoms. The average Bonchev–Trinajstić information content (AvgIpc) is 3.48. The van der Waals surface area contributed by atoms with Crippen LogP contribution in [-0.4, -0.2) is 44.6 Å². The van der Waals surface area contributed by atoms with E-state index in [-0.39, 0.29) is 18.1 Å². The summed E-state index contributed by atoms with van der Waals surface area (Å²) < 4.78 is 13.9. The predicted molar refractivity (Wildman–Crippen MR) is 112 cm³/mol. The van der Waals surface area contributed by atoms with Gasteiger partial charge in [-0.25, -0.2) is 9.67 Å². The fourth-order valence-corrected chi connectivity index (χ4v) is 4.64. The summed E-state index contributed by atoms with van der Waals surface area (Å²) in [5, 5.41) is 5.00. The van der Waals surface area contributed by atoms with E-state index in [0.717, 1.165) is 61.9 Å². The van der Waals surface area contributed by atoms with Crippen molar-refractivity contribution in [2.45, 2.75) is 44.2 Å². The highest BCUT2D eigenvalue weighted by Gasteiger charge is 2.37. The Balaban J connectivity index is 1.54. The molecule has 5 heterocycles. The second-order valence-electron chi connectivity index (χ2n) is 8.13. The molecular weight excluding hydrogens is 378 g/mol. The Bertz CT molecular complexity index is 956. The van der Waals surface area contributed by atoms with E-state index in [9.17, 15) is 0 Å².